The predicted molar refractivity (Wildman–Crippen MR) is 105 cm³/mol. The number of rotatable bonds is 6. The zero-order valence-corrected chi connectivity index (χ0v) is 15.6. The zero-order chi connectivity index (χ0) is 19.1. The van der Waals surface area contributed by atoms with E-state index in [9.17, 15) is 9.59 Å². The summed E-state index contributed by atoms with van der Waals surface area (Å²) in [4.78, 5) is 23.6. The first-order valence-corrected chi connectivity index (χ1v) is 9.42. The second kappa shape index (κ2) is 9.33. The summed E-state index contributed by atoms with van der Waals surface area (Å²) in [6.45, 7) is 2.15. The Morgan fingerprint density at radius 1 is 1.11 bits per heavy atom. The van der Waals surface area contributed by atoms with Crippen LogP contribution < -0.4 is 10.6 Å². The van der Waals surface area contributed by atoms with Gasteiger partial charge in [-0.1, -0.05) is 42.5 Å². The lowest BCUT2D eigenvalue weighted by Gasteiger charge is -2.30. The van der Waals surface area contributed by atoms with Gasteiger partial charge in [-0.25, -0.2) is 0 Å². The SMILES string of the molecule is CC(=O)N[C@H]1CCO[C@@H](c2cccc(NC(=O)CCc3ccccc3)c2)C1. The van der Waals surface area contributed by atoms with Gasteiger partial charge in [0.25, 0.3) is 0 Å². The Morgan fingerprint density at radius 2 is 1.93 bits per heavy atom. The van der Waals surface area contributed by atoms with Gasteiger partial charge in [0.2, 0.25) is 11.8 Å². The molecule has 3 rings (SSSR count). The summed E-state index contributed by atoms with van der Waals surface area (Å²) in [5.41, 5.74) is 2.95. The first-order chi connectivity index (χ1) is 13.1. The van der Waals surface area contributed by atoms with Crippen LogP contribution in [0.15, 0.2) is 54.6 Å². The maximum Gasteiger partial charge on any atom is 0.224 e. The maximum atomic E-state index is 12.3. The van der Waals surface area contributed by atoms with Gasteiger partial charge in [-0.05, 0) is 42.5 Å². The number of benzene rings is 2. The van der Waals surface area contributed by atoms with Crippen molar-refractivity contribution in [1.29, 1.82) is 0 Å². The van der Waals surface area contributed by atoms with Crippen LogP contribution in [0.25, 0.3) is 0 Å². The molecular formula is C22H26N2O3. The van der Waals surface area contributed by atoms with Crippen LogP contribution in [0.5, 0.6) is 0 Å². The Morgan fingerprint density at radius 3 is 2.70 bits per heavy atom. The van der Waals surface area contributed by atoms with Crippen LogP contribution in [0, 0.1) is 0 Å². The van der Waals surface area contributed by atoms with Gasteiger partial charge < -0.3 is 15.4 Å². The van der Waals surface area contributed by atoms with Crippen molar-refractivity contribution >= 4 is 17.5 Å². The fraction of sp³-hybridized carbons (Fsp3) is 0.364. The normalized spacial score (nSPS) is 19.3. The number of carbonyl (C=O) groups is 2. The third kappa shape index (κ3) is 5.93. The monoisotopic (exact) mass is 366 g/mol. The zero-order valence-electron chi connectivity index (χ0n) is 15.6. The molecule has 2 aromatic rings. The maximum absolute atomic E-state index is 12.3. The molecule has 0 unspecified atom stereocenters. The molecule has 1 fully saturated rings. The van der Waals surface area contributed by atoms with Crippen LogP contribution in [-0.4, -0.2) is 24.5 Å². The van der Waals surface area contributed by atoms with E-state index < -0.39 is 0 Å². The Kier molecular flexibility index (Phi) is 6.60. The van der Waals surface area contributed by atoms with E-state index in [0.29, 0.717) is 13.0 Å². The minimum absolute atomic E-state index is 0.00307. The molecule has 1 aliphatic heterocycles. The van der Waals surface area contributed by atoms with E-state index in [2.05, 4.69) is 10.6 Å². The largest absolute Gasteiger partial charge is 0.373 e. The van der Waals surface area contributed by atoms with Crippen molar-refractivity contribution in [2.75, 3.05) is 11.9 Å². The highest BCUT2D eigenvalue weighted by molar-refractivity contribution is 5.90. The molecule has 0 saturated carbocycles. The molecule has 5 nitrogen and oxygen atoms in total. The van der Waals surface area contributed by atoms with Crippen LogP contribution in [0.4, 0.5) is 5.69 Å². The second-order valence-electron chi connectivity index (χ2n) is 6.94. The number of hydrogen-bond acceptors (Lipinski definition) is 3. The van der Waals surface area contributed by atoms with E-state index in [0.717, 1.165) is 36.1 Å². The van der Waals surface area contributed by atoms with E-state index in [1.807, 2.05) is 54.6 Å². The minimum atomic E-state index is -0.0724. The fourth-order valence-corrected chi connectivity index (χ4v) is 3.39. The lowest BCUT2D eigenvalue weighted by atomic mass is 9.97. The Hall–Kier alpha value is -2.66. The van der Waals surface area contributed by atoms with E-state index in [1.54, 1.807) is 0 Å². The van der Waals surface area contributed by atoms with Crippen LogP contribution in [-0.2, 0) is 20.7 Å². The highest BCUT2D eigenvalue weighted by Gasteiger charge is 2.24. The number of ether oxygens (including phenoxy) is 1. The highest BCUT2D eigenvalue weighted by atomic mass is 16.5. The number of nitrogens with one attached hydrogen (secondary N) is 2. The van der Waals surface area contributed by atoms with Gasteiger partial charge >= 0.3 is 0 Å². The summed E-state index contributed by atoms with van der Waals surface area (Å²) in [7, 11) is 0. The van der Waals surface area contributed by atoms with E-state index in [4.69, 9.17) is 4.74 Å². The third-order valence-corrected chi connectivity index (χ3v) is 4.72. The summed E-state index contributed by atoms with van der Waals surface area (Å²) < 4.78 is 5.88. The van der Waals surface area contributed by atoms with Crippen molar-refractivity contribution in [2.45, 2.75) is 44.8 Å². The average Bonchev–Trinajstić information content (AvgIpc) is 2.67. The lowest BCUT2D eigenvalue weighted by molar-refractivity contribution is -0.120. The predicted octanol–water partition coefficient (Wildman–Crippen LogP) is 3.61. The molecule has 2 aromatic carbocycles. The van der Waals surface area contributed by atoms with Gasteiger partial charge in [0.1, 0.15) is 0 Å². The number of carbonyl (C=O) groups excluding carboxylic acids is 2. The number of anilines is 1. The topological polar surface area (TPSA) is 67.4 Å². The number of hydrogen-bond donors (Lipinski definition) is 2. The molecule has 2 amide bonds. The van der Waals surface area contributed by atoms with Crippen molar-refractivity contribution in [3.05, 3.63) is 65.7 Å². The van der Waals surface area contributed by atoms with Crippen molar-refractivity contribution in [3.63, 3.8) is 0 Å². The van der Waals surface area contributed by atoms with Gasteiger partial charge in [-0.2, -0.15) is 0 Å². The summed E-state index contributed by atoms with van der Waals surface area (Å²) in [6.07, 6.45) is 2.66. The molecular weight excluding hydrogens is 340 g/mol. The molecule has 2 atom stereocenters. The van der Waals surface area contributed by atoms with Crippen LogP contribution in [0.3, 0.4) is 0 Å². The summed E-state index contributed by atoms with van der Waals surface area (Å²) in [6, 6.07) is 17.9. The molecule has 0 aromatic heterocycles. The molecule has 5 heteroatoms. The highest BCUT2D eigenvalue weighted by Crippen LogP contribution is 2.29. The molecule has 0 radical (unpaired) electrons. The van der Waals surface area contributed by atoms with E-state index in [-0.39, 0.29) is 24.0 Å². The van der Waals surface area contributed by atoms with Crippen LogP contribution in [0.2, 0.25) is 0 Å². The summed E-state index contributed by atoms with van der Waals surface area (Å²) >= 11 is 0. The van der Waals surface area contributed by atoms with Gasteiger partial charge in [0.05, 0.1) is 6.10 Å². The van der Waals surface area contributed by atoms with Gasteiger partial charge in [-0.3, -0.25) is 9.59 Å². The molecule has 1 heterocycles. The lowest BCUT2D eigenvalue weighted by Crippen LogP contribution is -2.38. The van der Waals surface area contributed by atoms with Crippen LogP contribution in [0.1, 0.15) is 43.4 Å². The van der Waals surface area contributed by atoms with Crippen molar-refractivity contribution in [1.82, 2.24) is 5.32 Å². The molecule has 1 saturated heterocycles. The third-order valence-electron chi connectivity index (χ3n) is 4.72. The number of aryl methyl sites for hydroxylation is 1. The van der Waals surface area contributed by atoms with E-state index >= 15 is 0 Å². The quantitative estimate of drug-likeness (QED) is 0.821. The Balaban J connectivity index is 1.56. The molecule has 0 aliphatic carbocycles. The first-order valence-electron chi connectivity index (χ1n) is 9.42. The van der Waals surface area contributed by atoms with Gasteiger partial charge in [0.15, 0.2) is 0 Å². The fourth-order valence-electron chi connectivity index (χ4n) is 3.39. The smallest absolute Gasteiger partial charge is 0.224 e. The molecule has 1 aliphatic rings. The Labute approximate surface area is 160 Å². The Bertz CT molecular complexity index is 776. The summed E-state index contributed by atoms with van der Waals surface area (Å²) in [5, 5.41) is 5.94. The van der Waals surface area contributed by atoms with Gasteiger partial charge in [0, 0.05) is 31.7 Å². The second-order valence-corrected chi connectivity index (χ2v) is 6.94. The standard InChI is InChI=1S/C22H26N2O3/c1-16(25)23-20-12-13-27-21(15-20)18-8-5-9-19(14-18)24-22(26)11-10-17-6-3-2-4-7-17/h2-9,14,20-21H,10-13,15H2,1H3,(H,23,25)(H,24,26)/t20-,21+/m0/s1. The number of amides is 2. The average molecular weight is 366 g/mol. The molecule has 142 valence electrons. The molecule has 0 spiro atoms. The van der Waals surface area contributed by atoms with E-state index in [1.165, 1.54) is 6.92 Å². The van der Waals surface area contributed by atoms with Crippen molar-refractivity contribution < 1.29 is 14.3 Å². The first kappa shape index (κ1) is 19.1. The molecule has 2 N–H and O–H groups in total. The van der Waals surface area contributed by atoms with Crippen molar-refractivity contribution in [3.8, 4) is 0 Å². The van der Waals surface area contributed by atoms with Gasteiger partial charge in [-0.15, -0.1) is 0 Å². The van der Waals surface area contributed by atoms with Crippen molar-refractivity contribution in [2.24, 2.45) is 0 Å². The minimum Gasteiger partial charge on any atom is -0.373 e. The van der Waals surface area contributed by atoms with Crippen LogP contribution >= 0.6 is 0 Å². The summed E-state index contributed by atoms with van der Waals surface area (Å²) in [5.74, 6) is -0.0169. The molecule has 0 bridgehead atoms. The molecule has 27 heavy (non-hydrogen) atoms.